The van der Waals surface area contributed by atoms with Crippen LogP contribution in [0.2, 0.25) is 0 Å². The number of carbonyl (C=O) groups excluding carboxylic acids is 2. The Labute approximate surface area is 93.1 Å². The maximum atomic E-state index is 11.2. The zero-order chi connectivity index (χ0) is 11.8. The summed E-state index contributed by atoms with van der Waals surface area (Å²) < 4.78 is 9.33. The standard InChI is InChI=1S/C9H16O5S/c1-4-13-9(12)6(2)15-8(11)5-14-7(3)10/h6,8,11H,4-5H2,1-3H3/t6?,8-/m0/s1. The molecule has 15 heavy (non-hydrogen) atoms. The van der Waals surface area contributed by atoms with Crippen LogP contribution in [0.15, 0.2) is 0 Å². The van der Waals surface area contributed by atoms with Gasteiger partial charge < -0.3 is 14.6 Å². The number of rotatable bonds is 6. The number of carbonyl (C=O) groups is 2. The Morgan fingerprint density at radius 1 is 1.40 bits per heavy atom. The molecule has 5 nitrogen and oxygen atoms in total. The summed E-state index contributed by atoms with van der Waals surface area (Å²) in [5.41, 5.74) is -0.909. The minimum atomic E-state index is -0.909. The molecular formula is C9H16O5S. The van der Waals surface area contributed by atoms with E-state index in [0.29, 0.717) is 6.61 Å². The van der Waals surface area contributed by atoms with Gasteiger partial charge in [-0.25, -0.2) is 0 Å². The molecular weight excluding hydrogens is 220 g/mol. The van der Waals surface area contributed by atoms with Crippen molar-refractivity contribution >= 4 is 23.7 Å². The second-order valence-corrected chi connectivity index (χ2v) is 4.31. The molecule has 0 radical (unpaired) electrons. The lowest BCUT2D eigenvalue weighted by Crippen LogP contribution is -2.23. The van der Waals surface area contributed by atoms with Crippen LogP contribution in [0.1, 0.15) is 20.8 Å². The van der Waals surface area contributed by atoms with Crippen LogP contribution in [0.3, 0.4) is 0 Å². The van der Waals surface area contributed by atoms with Crippen molar-refractivity contribution in [1.29, 1.82) is 0 Å². The Kier molecular flexibility index (Phi) is 7.15. The van der Waals surface area contributed by atoms with Crippen LogP contribution in [0.5, 0.6) is 0 Å². The van der Waals surface area contributed by atoms with Gasteiger partial charge in [0.05, 0.1) is 6.61 Å². The molecule has 2 atom stereocenters. The van der Waals surface area contributed by atoms with Crippen LogP contribution in [-0.4, -0.2) is 40.9 Å². The van der Waals surface area contributed by atoms with E-state index in [-0.39, 0.29) is 12.6 Å². The van der Waals surface area contributed by atoms with Crippen molar-refractivity contribution in [1.82, 2.24) is 0 Å². The smallest absolute Gasteiger partial charge is 0.318 e. The second kappa shape index (κ2) is 7.53. The molecule has 0 aliphatic rings. The van der Waals surface area contributed by atoms with E-state index in [4.69, 9.17) is 4.74 Å². The van der Waals surface area contributed by atoms with Crippen molar-refractivity contribution in [3.05, 3.63) is 0 Å². The molecule has 0 aromatic heterocycles. The first-order valence-electron chi connectivity index (χ1n) is 4.60. The lowest BCUT2D eigenvalue weighted by molar-refractivity contribution is -0.142. The van der Waals surface area contributed by atoms with Crippen molar-refractivity contribution in [2.75, 3.05) is 13.2 Å². The molecule has 0 bridgehead atoms. The number of hydrogen-bond donors (Lipinski definition) is 1. The molecule has 1 unspecified atom stereocenters. The lowest BCUT2D eigenvalue weighted by Gasteiger charge is -2.14. The van der Waals surface area contributed by atoms with Crippen LogP contribution in [-0.2, 0) is 19.1 Å². The van der Waals surface area contributed by atoms with Crippen molar-refractivity contribution in [2.45, 2.75) is 31.5 Å². The number of ether oxygens (including phenoxy) is 2. The molecule has 0 aliphatic heterocycles. The first-order valence-corrected chi connectivity index (χ1v) is 5.55. The lowest BCUT2D eigenvalue weighted by atomic mass is 10.5. The molecule has 0 amide bonds. The maximum Gasteiger partial charge on any atom is 0.318 e. The number of hydrogen-bond acceptors (Lipinski definition) is 6. The minimum Gasteiger partial charge on any atom is -0.465 e. The fourth-order valence-electron chi connectivity index (χ4n) is 0.779. The third-order valence-electron chi connectivity index (χ3n) is 1.41. The molecule has 0 rings (SSSR count). The molecule has 0 aromatic rings. The molecule has 0 aliphatic carbocycles. The van der Waals surface area contributed by atoms with Gasteiger partial charge in [0.2, 0.25) is 0 Å². The predicted octanol–water partition coefficient (Wildman–Crippen LogP) is 0.553. The molecule has 1 N–H and O–H groups in total. The van der Waals surface area contributed by atoms with Gasteiger partial charge in [-0.3, -0.25) is 9.59 Å². The van der Waals surface area contributed by atoms with Gasteiger partial charge in [0.15, 0.2) is 0 Å². The highest BCUT2D eigenvalue weighted by molar-refractivity contribution is 8.01. The topological polar surface area (TPSA) is 72.8 Å². The average molecular weight is 236 g/mol. The van der Waals surface area contributed by atoms with E-state index in [1.807, 2.05) is 0 Å². The van der Waals surface area contributed by atoms with E-state index < -0.39 is 16.7 Å². The third-order valence-corrected chi connectivity index (χ3v) is 2.46. The minimum absolute atomic E-state index is 0.121. The van der Waals surface area contributed by atoms with Gasteiger partial charge in [-0.2, -0.15) is 0 Å². The summed E-state index contributed by atoms with van der Waals surface area (Å²) in [5.74, 6) is -0.845. The third kappa shape index (κ3) is 7.21. The summed E-state index contributed by atoms with van der Waals surface area (Å²) in [6.45, 7) is 4.78. The molecule has 0 saturated carbocycles. The highest BCUT2D eigenvalue weighted by Crippen LogP contribution is 2.17. The Bertz CT molecular complexity index is 219. The van der Waals surface area contributed by atoms with Crippen molar-refractivity contribution in [3.8, 4) is 0 Å². The SMILES string of the molecule is CCOC(=O)C(C)S[C@H](O)COC(C)=O. The molecule has 6 heteroatoms. The Morgan fingerprint density at radius 3 is 2.47 bits per heavy atom. The van der Waals surface area contributed by atoms with E-state index >= 15 is 0 Å². The molecule has 0 spiro atoms. The quantitative estimate of drug-likeness (QED) is 0.536. The summed E-state index contributed by atoms with van der Waals surface area (Å²) in [6.07, 6.45) is 0. The zero-order valence-corrected chi connectivity index (χ0v) is 9.87. The van der Waals surface area contributed by atoms with Gasteiger partial charge in [0.25, 0.3) is 0 Å². The van der Waals surface area contributed by atoms with Crippen LogP contribution in [0.4, 0.5) is 0 Å². The predicted molar refractivity (Wildman–Crippen MR) is 56.3 cm³/mol. The number of aliphatic hydroxyl groups is 1. The Balaban J connectivity index is 3.79. The normalized spacial score (nSPS) is 14.1. The van der Waals surface area contributed by atoms with Crippen LogP contribution < -0.4 is 0 Å². The average Bonchev–Trinajstić information content (AvgIpc) is 2.15. The second-order valence-electron chi connectivity index (χ2n) is 2.79. The highest BCUT2D eigenvalue weighted by Gasteiger charge is 2.19. The van der Waals surface area contributed by atoms with Crippen molar-refractivity contribution in [2.24, 2.45) is 0 Å². The number of esters is 2. The van der Waals surface area contributed by atoms with Crippen LogP contribution in [0, 0.1) is 0 Å². The number of thioether (sulfide) groups is 1. The largest absolute Gasteiger partial charge is 0.465 e. The maximum absolute atomic E-state index is 11.2. The van der Waals surface area contributed by atoms with Gasteiger partial charge in [0.1, 0.15) is 17.3 Å². The summed E-state index contributed by atoms with van der Waals surface area (Å²) in [7, 11) is 0. The highest BCUT2D eigenvalue weighted by atomic mass is 32.2. The summed E-state index contributed by atoms with van der Waals surface area (Å²) in [6, 6.07) is 0. The van der Waals surface area contributed by atoms with E-state index in [1.165, 1.54) is 6.92 Å². The van der Waals surface area contributed by atoms with Gasteiger partial charge in [0, 0.05) is 6.92 Å². The fourth-order valence-corrected chi connectivity index (χ4v) is 1.58. The molecule has 0 saturated heterocycles. The summed E-state index contributed by atoms with van der Waals surface area (Å²) >= 11 is 0.993. The van der Waals surface area contributed by atoms with Gasteiger partial charge >= 0.3 is 11.9 Å². The molecule has 0 heterocycles. The van der Waals surface area contributed by atoms with E-state index in [2.05, 4.69) is 4.74 Å². The summed E-state index contributed by atoms with van der Waals surface area (Å²) in [5, 5.41) is 8.89. The van der Waals surface area contributed by atoms with Crippen LogP contribution >= 0.6 is 11.8 Å². The van der Waals surface area contributed by atoms with Gasteiger partial charge in [-0.05, 0) is 13.8 Å². The van der Waals surface area contributed by atoms with Crippen molar-refractivity contribution < 1.29 is 24.2 Å². The van der Waals surface area contributed by atoms with E-state index in [0.717, 1.165) is 11.8 Å². The summed E-state index contributed by atoms with van der Waals surface area (Å²) in [4.78, 5) is 21.6. The molecule has 0 fully saturated rings. The first-order chi connectivity index (χ1) is 6.97. The monoisotopic (exact) mass is 236 g/mol. The first kappa shape index (κ1) is 14.2. The zero-order valence-electron chi connectivity index (χ0n) is 9.06. The van der Waals surface area contributed by atoms with E-state index in [1.54, 1.807) is 13.8 Å². The molecule has 88 valence electrons. The van der Waals surface area contributed by atoms with E-state index in [9.17, 15) is 14.7 Å². The molecule has 0 aromatic carbocycles. The Hall–Kier alpha value is -0.750. The van der Waals surface area contributed by atoms with Gasteiger partial charge in [-0.1, -0.05) is 0 Å². The van der Waals surface area contributed by atoms with Gasteiger partial charge in [-0.15, -0.1) is 11.8 Å². The van der Waals surface area contributed by atoms with Crippen LogP contribution in [0.25, 0.3) is 0 Å². The Morgan fingerprint density at radius 2 is 2.00 bits per heavy atom. The fraction of sp³-hybridized carbons (Fsp3) is 0.778. The number of aliphatic hydroxyl groups excluding tert-OH is 1. The van der Waals surface area contributed by atoms with Crippen molar-refractivity contribution in [3.63, 3.8) is 0 Å².